The molecule has 1 N–H and O–H groups in total. The van der Waals surface area contributed by atoms with Gasteiger partial charge in [-0.05, 0) is 31.1 Å². The highest BCUT2D eigenvalue weighted by molar-refractivity contribution is 7.89. The van der Waals surface area contributed by atoms with Crippen molar-refractivity contribution in [3.63, 3.8) is 0 Å². The van der Waals surface area contributed by atoms with E-state index >= 15 is 0 Å². The summed E-state index contributed by atoms with van der Waals surface area (Å²) in [6, 6.07) is 0. The maximum atomic E-state index is 12.6. The molecule has 21 heavy (non-hydrogen) atoms. The predicted molar refractivity (Wildman–Crippen MR) is 80.4 cm³/mol. The van der Waals surface area contributed by atoms with E-state index in [1.807, 2.05) is 0 Å². The Labute approximate surface area is 126 Å². The summed E-state index contributed by atoms with van der Waals surface area (Å²) in [5.74, 6) is 1.58. The summed E-state index contributed by atoms with van der Waals surface area (Å²) >= 11 is 0. The molecule has 2 aliphatic rings. The third-order valence-electron chi connectivity index (χ3n) is 4.49. The van der Waals surface area contributed by atoms with Crippen LogP contribution in [-0.4, -0.2) is 42.3 Å². The molecule has 2 atom stereocenters. The predicted octanol–water partition coefficient (Wildman–Crippen LogP) is 1.72. The van der Waals surface area contributed by atoms with E-state index in [9.17, 15) is 8.42 Å². The minimum absolute atomic E-state index is 0.199. The Morgan fingerprint density at radius 3 is 2.43 bits per heavy atom. The van der Waals surface area contributed by atoms with Crippen molar-refractivity contribution < 1.29 is 8.42 Å². The number of hydrogen-bond donors (Lipinski definition) is 1. The zero-order valence-electron chi connectivity index (χ0n) is 12.3. The van der Waals surface area contributed by atoms with Gasteiger partial charge in [0.2, 0.25) is 16.0 Å². The molecule has 1 aliphatic carbocycles. The van der Waals surface area contributed by atoms with Gasteiger partial charge in [0.05, 0.1) is 12.4 Å². The molecule has 2 unspecified atom stereocenters. The van der Waals surface area contributed by atoms with Gasteiger partial charge < -0.3 is 5.32 Å². The normalized spacial score (nSPS) is 26.0. The molecule has 1 saturated carbocycles. The Morgan fingerprint density at radius 2 is 1.86 bits per heavy atom. The van der Waals surface area contributed by atoms with E-state index in [0.717, 1.165) is 25.8 Å². The third kappa shape index (κ3) is 2.89. The largest absolute Gasteiger partial charge is 0.354 e. The van der Waals surface area contributed by atoms with E-state index in [1.54, 1.807) is 4.31 Å². The lowest BCUT2D eigenvalue weighted by Gasteiger charge is -2.17. The van der Waals surface area contributed by atoms with Gasteiger partial charge in [0.25, 0.3) is 0 Å². The fraction of sp³-hybridized carbons (Fsp3) is 0.714. The average Bonchev–Trinajstić information content (AvgIpc) is 3.07. The number of rotatable bonds is 5. The number of hydrogen-bond acceptors (Lipinski definition) is 5. The second kappa shape index (κ2) is 5.88. The Balaban J connectivity index is 1.73. The zero-order valence-corrected chi connectivity index (χ0v) is 13.1. The maximum Gasteiger partial charge on any atom is 0.246 e. The third-order valence-corrected chi connectivity index (χ3v) is 6.28. The molecular formula is C14H22N4O2S. The van der Waals surface area contributed by atoms with Crippen LogP contribution in [0.5, 0.6) is 0 Å². The Morgan fingerprint density at radius 1 is 1.24 bits per heavy atom. The topological polar surface area (TPSA) is 75.2 Å². The van der Waals surface area contributed by atoms with Crippen LogP contribution in [0.1, 0.15) is 32.6 Å². The summed E-state index contributed by atoms with van der Waals surface area (Å²) in [4.78, 5) is 8.39. The molecule has 0 bridgehead atoms. The van der Waals surface area contributed by atoms with Crippen molar-refractivity contribution >= 4 is 16.0 Å². The summed E-state index contributed by atoms with van der Waals surface area (Å²) in [6.07, 6.45) is 7.35. The molecule has 0 aromatic carbocycles. The minimum Gasteiger partial charge on any atom is -0.354 e. The maximum absolute atomic E-state index is 12.6. The molecule has 1 aliphatic heterocycles. The average molecular weight is 310 g/mol. The van der Waals surface area contributed by atoms with Crippen LogP contribution in [0.3, 0.4) is 0 Å². The lowest BCUT2D eigenvalue weighted by atomic mass is 10.0. The van der Waals surface area contributed by atoms with Crippen LogP contribution >= 0.6 is 0 Å². The lowest BCUT2D eigenvalue weighted by molar-refractivity contribution is 0.445. The first-order valence-electron chi connectivity index (χ1n) is 7.67. The molecule has 6 nitrogen and oxygen atoms in total. The molecule has 2 heterocycles. The van der Waals surface area contributed by atoms with Crippen LogP contribution in [0.4, 0.5) is 5.95 Å². The van der Waals surface area contributed by atoms with Gasteiger partial charge >= 0.3 is 0 Å². The Hall–Kier alpha value is -1.21. The molecule has 116 valence electrons. The van der Waals surface area contributed by atoms with Crippen molar-refractivity contribution in [2.24, 2.45) is 11.8 Å². The van der Waals surface area contributed by atoms with Crippen LogP contribution in [-0.2, 0) is 10.0 Å². The fourth-order valence-electron chi connectivity index (χ4n) is 3.31. The second-order valence-electron chi connectivity index (χ2n) is 5.94. The standard InChI is InChI=1S/C14H22N4O2S/c1-2-6-15-14-16-7-13(8-17-14)21(19,20)18-9-11-4-3-5-12(11)10-18/h7-8,11-12H,2-6,9-10H2,1H3,(H,15,16,17). The molecule has 1 aromatic heterocycles. The van der Waals surface area contributed by atoms with Crippen molar-refractivity contribution in [3.05, 3.63) is 12.4 Å². The van der Waals surface area contributed by atoms with Gasteiger partial charge in [-0.3, -0.25) is 0 Å². The smallest absolute Gasteiger partial charge is 0.246 e. The summed E-state index contributed by atoms with van der Waals surface area (Å²) in [5.41, 5.74) is 0. The molecule has 3 rings (SSSR count). The number of aromatic nitrogens is 2. The van der Waals surface area contributed by atoms with Crippen LogP contribution in [0.2, 0.25) is 0 Å². The van der Waals surface area contributed by atoms with Crippen LogP contribution in [0.15, 0.2) is 17.3 Å². The zero-order chi connectivity index (χ0) is 14.9. The highest BCUT2D eigenvalue weighted by Gasteiger charge is 2.41. The Kier molecular flexibility index (Phi) is 4.12. The van der Waals surface area contributed by atoms with E-state index in [-0.39, 0.29) is 4.90 Å². The van der Waals surface area contributed by atoms with Crippen LogP contribution in [0.25, 0.3) is 0 Å². The molecule has 1 aromatic rings. The first kappa shape index (κ1) is 14.7. The van der Waals surface area contributed by atoms with Gasteiger partial charge in [-0.15, -0.1) is 0 Å². The van der Waals surface area contributed by atoms with Gasteiger partial charge in [-0.2, -0.15) is 4.31 Å². The first-order valence-corrected chi connectivity index (χ1v) is 9.11. The van der Waals surface area contributed by atoms with Gasteiger partial charge in [0, 0.05) is 19.6 Å². The Bertz CT molecular complexity index is 575. The van der Waals surface area contributed by atoms with E-state index in [1.165, 1.54) is 18.8 Å². The summed E-state index contributed by atoms with van der Waals surface area (Å²) in [5, 5.41) is 3.04. The second-order valence-corrected chi connectivity index (χ2v) is 7.88. The summed E-state index contributed by atoms with van der Waals surface area (Å²) in [6.45, 7) is 4.14. The molecule has 0 spiro atoms. The number of sulfonamides is 1. The van der Waals surface area contributed by atoms with Gasteiger partial charge in [0.1, 0.15) is 4.90 Å². The van der Waals surface area contributed by atoms with E-state index in [0.29, 0.717) is 30.9 Å². The summed E-state index contributed by atoms with van der Waals surface area (Å²) < 4.78 is 26.8. The molecule has 0 radical (unpaired) electrons. The van der Waals surface area contributed by atoms with Crippen molar-refractivity contribution in [1.29, 1.82) is 0 Å². The summed E-state index contributed by atoms with van der Waals surface area (Å²) in [7, 11) is -3.44. The number of nitrogens with one attached hydrogen (secondary N) is 1. The van der Waals surface area contributed by atoms with E-state index in [2.05, 4.69) is 22.2 Å². The number of anilines is 1. The highest BCUT2D eigenvalue weighted by atomic mass is 32.2. The van der Waals surface area contributed by atoms with Crippen LogP contribution < -0.4 is 5.32 Å². The molecular weight excluding hydrogens is 288 g/mol. The monoisotopic (exact) mass is 310 g/mol. The van der Waals surface area contributed by atoms with Crippen molar-refractivity contribution in [2.45, 2.75) is 37.5 Å². The molecule has 1 saturated heterocycles. The first-order chi connectivity index (χ1) is 10.1. The minimum atomic E-state index is -3.44. The van der Waals surface area contributed by atoms with Gasteiger partial charge in [0.15, 0.2) is 0 Å². The molecule has 7 heteroatoms. The lowest BCUT2D eigenvalue weighted by Crippen LogP contribution is -2.30. The number of nitrogens with zero attached hydrogens (tertiary/aromatic N) is 3. The van der Waals surface area contributed by atoms with E-state index in [4.69, 9.17) is 0 Å². The quantitative estimate of drug-likeness (QED) is 0.896. The van der Waals surface area contributed by atoms with E-state index < -0.39 is 10.0 Å². The van der Waals surface area contributed by atoms with Crippen molar-refractivity contribution in [1.82, 2.24) is 14.3 Å². The molecule has 2 fully saturated rings. The van der Waals surface area contributed by atoms with Crippen LogP contribution in [0, 0.1) is 11.8 Å². The van der Waals surface area contributed by atoms with Crippen molar-refractivity contribution in [2.75, 3.05) is 25.0 Å². The molecule has 0 amide bonds. The fourth-order valence-corrected chi connectivity index (χ4v) is 4.76. The SMILES string of the molecule is CCCNc1ncc(S(=O)(=O)N2CC3CCCC3C2)cn1. The van der Waals surface area contributed by atoms with Gasteiger partial charge in [-0.1, -0.05) is 13.3 Å². The highest BCUT2D eigenvalue weighted by Crippen LogP contribution is 2.39. The number of fused-ring (bicyclic) bond motifs is 1. The van der Waals surface area contributed by atoms with Crippen molar-refractivity contribution in [3.8, 4) is 0 Å². The van der Waals surface area contributed by atoms with Gasteiger partial charge in [-0.25, -0.2) is 18.4 Å².